The summed E-state index contributed by atoms with van der Waals surface area (Å²) in [5.41, 5.74) is 1.07. The lowest BCUT2D eigenvalue weighted by Crippen LogP contribution is -2.36. The zero-order valence-electron chi connectivity index (χ0n) is 12.1. The maximum absolute atomic E-state index is 12.5. The maximum Gasteiger partial charge on any atom is 0.244 e. The molecule has 1 aliphatic carbocycles. The van der Waals surface area contributed by atoms with E-state index >= 15 is 0 Å². The zero-order chi connectivity index (χ0) is 14.8. The molecule has 114 valence electrons. The first-order valence-corrected chi connectivity index (χ1v) is 8.61. The van der Waals surface area contributed by atoms with Crippen LogP contribution >= 0.6 is 0 Å². The summed E-state index contributed by atoms with van der Waals surface area (Å²) in [6, 6.07) is 0.0359. The minimum atomic E-state index is -3.53. The Bertz CT molecular complexity index is 560. The third kappa shape index (κ3) is 3.21. The monoisotopic (exact) mass is 301 g/mol. The third-order valence-corrected chi connectivity index (χ3v) is 5.59. The Labute approximate surface area is 120 Å². The van der Waals surface area contributed by atoms with Gasteiger partial charge >= 0.3 is 0 Å². The van der Waals surface area contributed by atoms with Gasteiger partial charge in [-0.2, -0.15) is 5.10 Å². The molecule has 1 fully saturated rings. The van der Waals surface area contributed by atoms with Crippen molar-refractivity contribution in [1.82, 2.24) is 14.5 Å². The summed E-state index contributed by atoms with van der Waals surface area (Å²) in [5, 5.41) is 13.2. The van der Waals surface area contributed by atoms with Gasteiger partial charge in [0.15, 0.2) is 0 Å². The van der Waals surface area contributed by atoms with Crippen molar-refractivity contribution in [2.45, 2.75) is 63.4 Å². The Kier molecular flexibility index (Phi) is 4.82. The number of aryl methyl sites for hydroxylation is 1. The first-order chi connectivity index (χ1) is 9.45. The Morgan fingerprint density at radius 1 is 1.30 bits per heavy atom. The molecule has 0 atom stereocenters. The largest absolute Gasteiger partial charge is 0.394 e. The highest BCUT2D eigenvalue weighted by molar-refractivity contribution is 7.89. The molecule has 0 aromatic carbocycles. The molecular formula is C13H23N3O3S. The van der Waals surface area contributed by atoms with Crippen LogP contribution in [0.1, 0.15) is 43.5 Å². The minimum Gasteiger partial charge on any atom is -0.394 e. The number of hydrogen-bond acceptors (Lipinski definition) is 4. The van der Waals surface area contributed by atoms with Crippen molar-refractivity contribution in [3.8, 4) is 0 Å². The second-order valence-electron chi connectivity index (χ2n) is 5.40. The number of aliphatic hydroxyl groups excluding tert-OH is 1. The van der Waals surface area contributed by atoms with Crippen molar-refractivity contribution < 1.29 is 13.5 Å². The predicted molar refractivity (Wildman–Crippen MR) is 76.0 cm³/mol. The van der Waals surface area contributed by atoms with Crippen molar-refractivity contribution in [2.75, 3.05) is 6.61 Å². The lowest BCUT2D eigenvalue weighted by molar-refractivity contribution is 0.267. The van der Waals surface area contributed by atoms with Crippen LogP contribution in [0.5, 0.6) is 0 Å². The number of sulfonamides is 1. The zero-order valence-corrected chi connectivity index (χ0v) is 12.9. The summed E-state index contributed by atoms with van der Waals surface area (Å²) in [6.07, 6.45) is 5.15. The number of aliphatic hydroxyl groups is 1. The van der Waals surface area contributed by atoms with Gasteiger partial charge in [-0.1, -0.05) is 19.3 Å². The van der Waals surface area contributed by atoms with E-state index in [2.05, 4.69) is 9.82 Å². The molecule has 7 heteroatoms. The molecule has 0 amide bonds. The van der Waals surface area contributed by atoms with Crippen LogP contribution in [0.15, 0.2) is 4.90 Å². The van der Waals surface area contributed by atoms with E-state index in [-0.39, 0.29) is 17.5 Å². The van der Waals surface area contributed by atoms with E-state index < -0.39 is 10.0 Å². The number of nitrogens with one attached hydrogen (secondary N) is 1. The molecule has 0 spiro atoms. The van der Waals surface area contributed by atoms with Crippen molar-refractivity contribution in [1.29, 1.82) is 0 Å². The van der Waals surface area contributed by atoms with E-state index in [4.69, 9.17) is 5.11 Å². The SMILES string of the molecule is Cc1nn(CCO)c(C)c1S(=O)(=O)NC1CCCCC1. The predicted octanol–water partition coefficient (Wildman–Crippen LogP) is 1.10. The fourth-order valence-corrected chi connectivity index (χ4v) is 4.60. The van der Waals surface area contributed by atoms with Crippen LogP contribution < -0.4 is 4.72 Å². The van der Waals surface area contributed by atoms with Gasteiger partial charge in [-0.25, -0.2) is 13.1 Å². The van der Waals surface area contributed by atoms with Crippen molar-refractivity contribution in [2.24, 2.45) is 0 Å². The van der Waals surface area contributed by atoms with Gasteiger partial charge in [0.05, 0.1) is 24.5 Å². The maximum atomic E-state index is 12.5. The van der Waals surface area contributed by atoms with Gasteiger partial charge in [0.2, 0.25) is 10.0 Å². The van der Waals surface area contributed by atoms with Crippen LogP contribution in [0.25, 0.3) is 0 Å². The lowest BCUT2D eigenvalue weighted by Gasteiger charge is -2.22. The summed E-state index contributed by atoms with van der Waals surface area (Å²) in [7, 11) is -3.53. The van der Waals surface area contributed by atoms with Gasteiger partial charge in [-0.15, -0.1) is 0 Å². The summed E-state index contributed by atoms with van der Waals surface area (Å²) in [5.74, 6) is 0. The van der Waals surface area contributed by atoms with Gasteiger partial charge in [0, 0.05) is 6.04 Å². The van der Waals surface area contributed by atoms with Gasteiger partial charge in [0.1, 0.15) is 4.90 Å². The fourth-order valence-electron chi connectivity index (χ4n) is 2.88. The van der Waals surface area contributed by atoms with E-state index in [0.717, 1.165) is 25.7 Å². The van der Waals surface area contributed by atoms with Crippen LogP contribution in [0.4, 0.5) is 0 Å². The highest BCUT2D eigenvalue weighted by atomic mass is 32.2. The topological polar surface area (TPSA) is 84.2 Å². The van der Waals surface area contributed by atoms with Crippen LogP contribution in [0.2, 0.25) is 0 Å². The summed E-state index contributed by atoms with van der Waals surface area (Å²) >= 11 is 0. The molecular weight excluding hydrogens is 278 g/mol. The van der Waals surface area contributed by atoms with Crippen LogP contribution in [-0.4, -0.2) is 36.0 Å². The Balaban J connectivity index is 2.24. The highest BCUT2D eigenvalue weighted by Crippen LogP contribution is 2.23. The molecule has 1 aromatic heterocycles. The van der Waals surface area contributed by atoms with Gasteiger partial charge in [0.25, 0.3) is 0 Å². The first kappa shape index (κ1) is 15.5. The molecule has 0 saturated heterocycles. The third-order valence-electron chi connectivity index (χ3n) is 3.82. The lowest BCUT2D eigenvalue weighted by atomic mass is 9.96. The average molecular weight is 301 g/mol. The van der Waals surface area contributed by atoms with Crippen LogP contribution in [-0.2, 0) is 16.6 Å². The van der Waals surface area contributed by atoms with Crippen molar-refractivity contribution in [3.05, 3.63) is 11.4 Å². The average Bonchev–Trinajstić information content (AvgIpc) is 2.66. The normalized spacial score (nSPS) is 17.6. The van der Waals surface area contributed by atoms with E-state index in [9.17, 15) is 8.42 Å². The minimum absolute atomic E-state index is 0.0359. The number of hydrogen-bond donors (Lipinski definition) is 2. The second kappa shape index (κ2) is 6.24. The molecule has 20 heavy (non-hydrogen) atoms. The molecule has 6 nitrogen and oxygen atoms in total. The summed E-state index contributed by atoms with van der Waals surface area (Å²) < 4.78 is 29.4. The Hall–Kier alpha value is -0.920. The Morgan fingerprint density at radius 3 is 2.55 bits per heavy atom. The summed E-state index contributed by atoms with van der Waals surface area (Å²) in [4.78, 5) is 0.261. The van der Waals surface area contributed by atoms with E-state index in [0.29, 0.717) is 17.9 Å². The molecule has 0 unspecified atom stereocenters. The second-order valence-corrected chi connectivity index (χ2v) is 7.05. The molecule has 0 aliphatic heterocycles. The number of nitrogens with zero attached hydrogens (tertiary/aromatic N) is 2. The molecule has 0 radical (unpaired) electrons. The van der Waals surface area contributed by atoms with Gasteiger partial charge in [-0.3, -0.25) is 4.68 Å². The molecule has 1 aliphatic rings. The molecule has 2 rings (SSSR count). The number of rotatable bonds is 5. The fraction of sp³-hybridized carbons (Fsp3) is 0.769. The molecule has 1 heterocycles. The van der Waals surface area contributed by atoms with Crippen molar-refractivity contribution in [3.63, 3.8) is 0 Å². The van der Waals surface area contributed by atoms with E-state index in [1.54, 1.807) is 18.5 Å². The quantitative estimate of drug-likeness (QED) is 0.853. The van der Waals surface area contributed by atoms with Gasteiger partial charge < -0.3 is 5.11 Å². The van der Waals surface area contributed by atoms with Crippen LogP contribution in [0, 0.1) is 13.8 Å². The molecule has 2 N–H and O–H groups in total. The first-order valence-electron chi connectivity index (χ1n) is 7.13. The molecule has 1 saturated carbocycles. The molecule has 1 aromatic rings. The Morgan fingerprint density at radius 2 is 1.95 bits per heavy atom. The van der Waals surface area contributed by atoms with E-state index in [1.807, 2.05) is 0 Å². The van der Waals surface area contributed by atoms with Crippen LogP contribution in [0.3, 0.4) is 0 Å². The molecule has 0 bridgehead atoms. The smallest absolute Gasteiger partial charge is 0.244 e. The standard InChI is InChI=1S/C13H23N3O3S/c1-10-13(11(2)16(14-10)8-9-17)20(18,19)15-12-6-4-3-5-7-12/h12,15,17H,3-9H2,1-2H3. The van der Waals surface area contributed by atoms with Crippen molar-refractivity contribution >= 4 is 10.0 Å². The van der Waals surface area contributed by atoms with E-state index in [1.165, 1.54) is 6.42 Å². The summed E-state index contributed by atoms with van der Waals surface area (Å²) in [6.45, 7) is 3.67. The van der Waals surface area contributed by atoms with Gasteiger partial charge in [-0.05, 0) is 26.7 Å². The number of aromatic nitrogens is 2. The highest BCUT2D eigenvalue weighted by Gasteiger charge is 2.27.